The summed E-state index contributed by atoms with van der Waals surface area (Å²) in [5, 5.41) is 4.09. The molecular formula is C19H24N4O2S. The third-order valence-corrected chi connectivity index (χ3v) is 5.54. The van der Waals surface area contributed by atoms with Gasteiger partial charge in [-0.15, -0.1) is 6.58 Å². The Morgan fingerprint density at radius 2 is 2.12 bits per heavy atom. The number of carbonyl (C=O) groups is 1. The van der Waals surface area contributed by atoms with Crippen LogP contribution in [0.4, 0.5) is 0 Å². The van der Waals surface area contributed by atoms with E-state index in [2.05, 4.69) is 21.9 Å². The Morgan fingerprint density at radius 1 is 1.35 bits per heavy atom. The summed E-state index contributed by atoms with van der Waals surface area (Å²) in [5.74, 6) is 0.223. The Hall–Kier alpha value is -2.15. The first kappa shape index (κ1) is 18.6. The highest BCUT2D eigenvalue weighted by atomic mass is 32.2. The molecule has 2 aromatic heterocycles. The topological polar surface area (TPSA) is 76.9 Å². The fourth-order valence-corrected chi connectivity index (χ4v) is 4.07. The van der Waals surface area contributed by atoms with Gasteiger partial charge in [-0.25, -0.2) is 9.97 Å². The fraction of sp³-hybridized carbons (Fsp3) is 0.474. The quantitative estimate of drug-likeness (QED) is 0.365. The maximum Gasteiger partial charge on any atom is 0.263 e. The second-order valence-electron chi connectivity index (χ2n) is 6.52. The molecular weight excluding hydrogens is 348 g/mol. The fourth-order valence-electron chi connectivity index (χ4n) is 3.26. The van der Waals surface area contributed by atoms with Crippen molar-refractivity contribution < 1.29 is 4.79 Å². The van der Waals surface area contributed by atoms with E-state index in [0.29, 0.717) is 22.7 Å². The Labute approximate surface area is 157 Å². The number of amides is 1. The lowest BCUT2D eigenvalue weighted by atomic mass is 10.1. The molecule has 2 heterocycles. The van der Waals surface area contributed by atoms with Gasteiger partial charge in [-0.1, -0.05) is 43.5 Å². The molecule has 0 aromatic carbocycles. The maximum atomic E-state index is 12.7. The van der Waals surface area contributed by atoms with Gasteiger partial charge in [-0.2, -0.15) is 0 Å². The van der Waals surface area contributed by atoms with Crippen LogP contribution >= 0.6 is 11.8 Å². The summed E-state index contributed by atoms with van der Waals surface area (Å²) in [4.78, 5) is 33.6. The summed E-state index contributed by atoms with van der Waals surface area (Å²) in [6.07, 6.45) is 10.2. The van der Waals surface area contributed by atoms with Gasteiger partial charge < -0.3 is 5.32 Å². The lowest BCUT2D eigenvalue weighted by molar-refractivity contribution is -0.119. The number of hydrogen-bond donors (Lipinski definition) is 1. The van der Waals surface area contributed by atoms with Gasteiger partial charge in [0.05, 0.1) is 11.1 Å². The van der Waals surface area contributed by atoms with Crippen LogP contribution in [-0.4, -0.2) is 32.2 Å². The minimum atomic E-state index is -0.158. The Morgan fingerprint density at radius 3 is 2.85 bits per heavy atom. The van der Waals surface area contributed by atoms with E-state index in [4.69, 9.17) is 0 Å². The van der Waals surface area contributed by atoms with Crippen molar-refractivity contribution in [1.82, 2.24) is 19.9 Å². The van der Waals surface area contributed by atoms with E-state index in [0.717, 1.165) is 12.8 Å². The van der Waals surface area contributed by atoms with E-state index in [1.54, 1.807) is 29.0 Å². The van der Waals surface area contributed by atoms with Crippen LogP contribution in [0.2, 0.25) is 0 Å². The van der Waals surface area contributed by atoms with E-state index < -0.39 is 0 Å². The SMILES string of the molecule is C=CCn1c(SCC(=O)NC2CCCCCC2)nc2ncccc2c1=O. The van der Waals surface area contributed by atoms with Gasteiger partial charge in [0.25, 0.3) is 5.56 Å². The van der Waals surface area contributed by atoms with Crippen LogP contribution in [0.15, 0.2) is 40.9 Å². The normalized spacial score (nSPS) is 15.5. The van der Waals surface area contributed by atoms with E-state index in [1.165, 1.54) is 37.4 Å². The van der Waals surface area contributed by atoms with Crippen molar-refractivity contribution in [2.45, 2.75) is 56.3 Å². The van der Waals surface area contributed by atoms with Gasteiger partial charge in [-0.05, 0) is 25.0 Å². The molecule has 0 spiro atoms. The molecule has 1 saturated carbocycles. The molecule has 0 radical (unpaired) electrons. The molecule has 1 aliphatic rings. The summed E-state index contributed by atoms with van der Waals surface area (Å²) in [6, 6.07) is 3.70. The molecule has 26 heavy (non-hydrogen) atoms. The number of allylic oxidation sites excluding steroid dienone is 1. The van der Waals surface area contributed by atoms with Crippen LogP contribution in [0, 0.1) is 0 Å². The molecule has 6 nitrogen and oxygen atoms in total. The van der Waals surface area contributed by atoms with E-state index >= 15 is 0 Å². The molecule has 1 aliphatic carbocycles. The van der Waals surface area contributed by atoms with Gasteiger partial charge in [0.15, 0.2) is 10.8 Å². The van der Waals surface area contributed by atoms with Crippen LogP contribution in [-0.2, 0) is 11.3 Å². The van der Waals surface area contributed by atoms with Gasteiger partial charge in [0, 0.05) is 18.8 Å². The molecule has 1 fully saturated rings. The molecule has 0 atom stereocenters. The highest BCUT2D eigenvalue weighted by Crippen LogP contribution is 2.19. The Bertz CT molecular complexity index is 841. The molecule has 3 rings (SSSR count). The largest absolute Gasteiger partial charge is 0.353 e. The molecule has 1 amide bonds. The zero-order valence-electron chi connectivity index (χ0n) is 14.8. The molecule has 1 N–H and O–H groups in total. The number of nitrogens with zero attached hydrogens (tertiary/aromatic N) is 3. The molecule has 0 bridgehead atoms. The highest BCUT2D eigenvalue weighted by Gasteiger charge is 2.17. The van der Waals surface area contributed by atoms with Gasteiger partial charge in [0.2, 0.25) is 5.91 Å². The van der Waals surface area contributed by atoms with Crippen molar-refractivity contribution in [1.29, 1.82) is 0 Å². The average Bonchev–Trinajstić information content (AvgIpc) is 2.91. The Balaban J connectivity index is 1.73. The van der Waals surface area contributed by atoms with Crippen molar-refractivity contribution in [2.75, 3.05) is 5.75 Å². The van der Waals surface area contributed by atoms with Crippen LogP contribution in [0.3, 0.4) is 0 Å². The van der Waals surface area contributed by atoms with Crippen molar-refractivity contribution in [3.8, 4) is 0 Å². The highest BCUT2D eigenvalue weighted by molar-refractivity contribution is 7.99. The number of aromatic nitrogens is 3. The Kier molecular flexibility index (Phi) is 6.44. The predicted octanol–water partition coefficient (Wildman–Crippen LogP) is 2.91. The molecule has 0 unspecified atom stereocenters. The van der Waals surface area contributed by atoms with Crippen LogP contribution in [0.25, 0.3) is 11.0 Å². The van der Waals surface area contributed by atoms with Crippen LogP contribution < -0.4 is 10.9 Å². The summed E-state index contributed by atoms with van der Waals surface area (Å²) in [5.41, 5.74) is 0.249. The minimum absolute atomic E-state index is 0.0116. The lowest BCUT2D eigenvalue weighted by Crippen LogP contribution is -2.35. The first-order valence-electron chi connectivity index (χ1n) is 9.07. The van der Waals surface area contributed by atoms with Crippen LogP contribution in [0.5, 0.6) is 0 Å². The smallest absolute Gasteiger partial charge is 0.263 e. The molecule has 2 aromatic rings. The van der Waals surface area contributed by atoms with Gasteiger partial charge >= 0.3 is 0 Å². The number of carbonyl (C=O) groups excluding carboxylic acids is 1. The zero-order chi connectivity index (χ0) is 18.4. The third kappa shape index (κ3) is 4.52. The van der Waals surface area contributed by atoms with Crippen molar-refractivity contribution >= 4 is 28.7 Å². The number of rotatable bonds is 6. The molecule has 138 valence electrons. The number of nitrogens with one attached hydrogen (secondary N) is 1. The average molecular weight is 372 g/mol. The number of thioether (sulfide) groups is 1. The number of fused-ring (bicyclic) bond motifs is 1. The summed E-state index contributed by atoms with van der Waals surface area (Å²) in [7, 11) is 0. The zero-order valence-corrected chi connectivity index (χ0v) is 15.6. The van der Waals surface area contributed by atoms with Crippen molar-refractivity contribution in [2.24, 2.45) is 0 Å². The van der Waals surface area contributed by atoms with Crippen LogP contribution in [0.1, 0.15) is 38.5 Å². The molecule has 0 saturated heterocycles. The van der Waals surface area contributed by atoms with Crippen molar-refractivity contribution in [3.05, 3.63) is 41.3 Å². The summed E-state index contributed by atoms with van der Waals surface area (Å²) >= 11 is 1.27. The first-order chi connectivity index (χ1) is 12.7. The third-order valence-electron chi connectivity index (χ3n) is 4.56. The van der Waals surface area contributed by atoms with Gasteiger partial charge in [-0.3, -0.25) is 14.2 Å². The summed E-state index contributed by atoms with van der Waals surface area (Å²) < 4.78 is 1.54. The minimum Gasteiger partial charge on any atom is -0.353 e. The standard InChI is InChI=1S/C19H24N4O2S/c1-2-12-23-18(25)15-10-7-11-20-17(15)22-19(23)26-13-16(24)21-14-8-5-3-4-6-9-14/h2,7,10-11,14H,1,3-6,8-9,12-13H2,(H,21,24). The molecule has 7 heteroatoms. The predicted molar refractivity (Wildman–Crippen MR) is 104 cm³/mol. The number of hydrogen-bond acceptors (Lipinski definition) is 5. The van der Waals surface area contributed by atoms with E-state index in [1.807, 2.05) is 0 Å². The lowest BCUT2D eigenvalue weighted by Gasteiger charge is -2.16. The second-order valence-corrected chi connectivity index (χ2v) is 7.46. The molecule has 0 aliphatic heterocycles. The number of pyridine rings is 1. The monoisotopic (exact) mass is 372 g/mol. The van der Waals surface area contributed by atoms with Crippen molar-refractivity contribution in [3.63, 3.8) is 0 Å². The summed E-state index contributed by atoms with van der Waals surface area (Å²) in [6.45, 7) is 4.06. The van der Waals surface area contributed by atoms with Gasteiger partial charge in [0.1, 0.15) is 0 Å². The maximum absolute atomic E-state index is 12.7. The van der Waals surface area contributed by atoms with E-state index in [9.17, 15) is 9.59 Å². The first-order valence-corrected chi connectivity index (χ1v) is 10.1. The van der Waals surface area contributed by atoms with E-state index in [-0.39, 0.29) is 23.3 Å². The second kappa shape index (κ2) is 8.98.